The molecule has 10 rings (SSSR count). The second kappa shape index (κ2) is 13.9. The van der Waals surface area contributed by atoms with Gasteiger partial charge in [-0.2, -0.15) is 0 Å². The third kappa shape index (κ3) is 5.96. The highest BCUT2D eigenvalue weighted by Gasteiger charge is 2.37. The summed E-state index contributed by atoms with van der Waals surface area (Å²) in [6.45, 7) is 9.37. The maximum absolute atomic E-state index is 2.39. The fourth-order valence-corrected chi connectivity index (χ4v) is 9.37. The molecule has 58 heavy (non-hydrogen) atoms. The van der Waals surface area contributed by atoms with E-state index in [2.05, 4.69) is 244 Å². The van der Waals surface area contributed by atoms with Crippen molar-refractivity contribution < 1.29 is 0 Å². The molecular formula is C56H46N2. The van der Waals surface area contributed by atoms with Gasteiger partial charge in [0.25, 0.3) is 0 Å². The van der Waals surface area contributed by atoms with Crippen LogP contribution in [-0.4, -0.2) is 0 Å². The van der Waals surface area contributed by atoms with E-state index in [0.29, 0.717) is 0 Å². The van der Waals surface area contributed by atoms with Crippen molar-refractivity contribution >= 4 is 46.3 Å². The Bertz CT molecular complexity index is 2620. The first-order chi connectivity index (χ1) is 28.3. The molecule has 0 radical (unpaired) electrons. The SMILES string of the molecule is CC1(C)c2ccccc2-c2ccc(N(c3ccccc3)c3ccc(C=Cc4ccc(N(c5ccccc5)c5ccc6c(c5)C(C)(C)c5ccccc5-6)cc4)cc3)cc21. The van der Waals surface area contributed by atoms with Crippen molar-refractivity contribution in [2.75, 3.05) is 9.80 Å². The van der Waals surface area contributed by atoms with Crippen LogP contribution in [0.2, 0.25) is 0 Å². The normalized spacial score (nSPS) is 14.1. The molecule has 0 saturated carbocycles. The summed E-state index contributed by atoms with van der Waals surface area (Å²) in [5, 5.41) is 0. The molecule has 0 fully saturated rings. The van der Waals surface area contributed by atoms with Crippen molar-refractivity contribution in [1.29, 1.82) is 0 Å². The maximum atomic E-state index is 2.39. The molecule has 2 aliphatic carbocycles. The van der Waals surface area contributed by atoms with Crippen molar-refractivity contribution in [3.05, 3.63) is 228 Å². The van der Waals surface area contributed by atoms with Crippen molar-refractivity contribution in [2.24, 2.45) is 0 Å². The van der Waals surface area contributed by atoms with Gasteiger partial charge >= 0.3 is 0 Å². The third-order valence-corrected chi connectivity index (χ3v) is 12.5. The van der Waals surface area contributed by atoms with Gasteiger partial charge in [-0.1, -0.05) is 161 Å². The van der Waals surface area contributed by atoms with Crippen LogP contribution in [0.4, 0.5) is 34.1 Å². The van der Waals surface area contributed by atoms with Gasteiger partial charge in [0.15, 0.2) is 0 Å². The summed E-state index contributed by atoms with van der Waals surface area (Å²) in [4.78, 5) is 4.73. The first-order valence-electron chi connectivity index (χ1n) is 20.3. The summed E-state index contributed by atoms with van der Waals surface area (Å²) in [6, 6.07) is 70.8. The van der Waals surface area contributed by atoms with E-state index >= 15 is 0 Å². The van der Waals surface area contributed by atoms with Crippen LogP contribution in [-0.2, 0) is 10.8 Å². The summed E-state index contributed by atoms with van der Waals surface area (Å²) in [7, 11) is 0. The summed E-state index contributed by atoms with van der Waals surface area (Å²) < 4.78 is 0. The lowest BCUT2D eigenvalue weighted by Crippen LogP contribution is -2.16. The highest BCUT2D eigenvalue weighted by atomic mass is 15.1. The number of nitrogens with zero attached hydrogens (tertiary/aromatic N) is 2. The van der Waals surface area contributed by atoms with Crippen LogP contribution in [0.25, 0.3) is 34.4 Å². The van der Waals surface area contributed by atoms with E-state index in [-0.39, 0.29) is 10.8 Å². The molecule has 0 unspecified atom stereocenters. The molecule has 280 valence electrons. The van der Waals surface area contributed by atoms with Crippen LogP contribution in [0.5, 0.6) is 0 Å². The summed E-state index contributed by atoms with van der Waals surface area (Å²) in [5.41, 5.74) is 19.9. The average molecular weight is 747 g/mol. The number of hydrogen-bond donors (Lipinski definition) is 0. The predicted molar refractivity (Wildman–Crippen MR) is 246 cm³/mol. The zero-order valence-electron chi connectivity index (χ0n) is 33.5. The van der Waals surface area contributed by atoms with Crippen molar-refractivity contribution in [3.8, 4) is 22.3 Å². The number of fused-ring (bicyclic) bond motifs is 6. The quantitative estimate of drug-likeness (QED) is 0.143. The minimum absolute atomic E-state index is 0.0665. The van der Waals surface area contributed by atoms with Gasteiger partial charge in [-0.25, -0.2) is 0 Å². The monoisotopic (exact) mass is 746 g/mol. The minimum atomic E-state index is -0.0665. The van der Waals surface area contributed by atoms with Crippen molar-refractivity contribution in [2.45, 2.75) is 38.5 Å². The van der Waals surface area contributed by atoms with Gasteiger partial charge in [-0.15, -0.1) is 0 Å². The molecule has 0 atom stereocenters. The molecule has 0 amide bonds. The Kier molecular flexibility index (Phi) is 8.53. The largest absolute Gasteiger partial charge is 0.310 e. The minimum Gasteiger partial charge on any atom is -0.310 e. The Morgan fingerprint density at radius 1 is 0.293 bits per heavy atom. The van der Waals surface area contributed by atoms with E-state index in [9.17, 15) is 0 Å². The van der Waals surface area contributed by atoms with Gasteiger partial charge in [-0.3, -0.25) is 0 Å². The molecule has 2 nitrogen and oxygen atoms in total. The molecule has 0 aromatic heterocycles. The fourth-order valence-electron chi connectivity index (χ4n) is 9.37. The lowest BCUT2D eigenvalue weighted by atomic mass is 9.82. The molecule has 0 bridgehead atoms. The number of hydrogen-bond acceptors (Lipinski definition) is 2. The van der Waals surface area contributed by atoms with Crippen LogP contribution in [0.1, 0.15) is 61.1 Å². The molecule has 8 aromatic rings. The third-order valence-electron chi connectivity index (χ3n) is 12.5. The van der Waals surface area contributed by atoms with E-state index in [4.69, 9.17) is 0 Å². The number of benzene rings is 8. The molecule has 2 heteroatoms. The van der Waals surface area contributed by atoms with E-state index in [1.165, 1.54) is 44.5 Å². The molecule has 0 N–H and O–H groups in total. The highest BCUT2D eigenvalue weighted by Crippen LogP contribution is 2.52. The Balaban J connectivity index is 0.926. The second-order valence-electron chi connectivity index (χ2n) is 16.7. The van der Waals surface area contributed by atoms with Gasteiger partial charge in [0.05, 0.1) is 0 Å². The van der Waals surface area contributed by atoms with Crippen LogP contribution in [0.15, 0.2) is 194 Å². The summed E-state index contributed by atoms with van der Waals surface area (Å²) >= 11 is 0. The molecule has 8 aromatic carbocycles. The van der Waals surface area contributed by atoms with Crippen LogP contribution < -0.4 is 9.80 Å². The first kappa shape index (κ1) is 35.5. The molecule has 0 spiro atoms. The first-order valence-corrected chi connectivity index (χ1v) is 20.3. The molecule has 2 aliphatic rings. The average Bonchev–Trinajstić information content (AvgIpc) is 3.64. The van der Waals surface area contributed by atoms with Gasteiger partial charge in [-0.05, 0) is 128 Å². The zero-order chi connectivity index (χ0) is 39.4. The number of para-hydroxylation sites is 2. The van der Waals surface area contributed by atoms with Gasteiger partial charge < -0.3 is 9.80 Å². The lowest BCUT2D eigenvalue weighted by Gasteiger charge is -2.28. The van der Waals surface area contributed by atoms with E-state index < -0.39 is 0 Å². The van der Waals surface area contributed by atoms with E-state index in [1.807, 2.05) is 0 Å². The predicted octanol–water partition coefficient (Wildman–Crippen LogP) is 15.4. The van der Waals surface area contributed by atoms with Crippen molar-refractivity contribution in [3.63, 3.8) is 0 Å². The molecule has 0 aliphatic heterocycles. The van der Waals surface area contributed by atoms with Gasteiger partial charge in [0.2, 0.25) is 0 Å². The van der Waals surface area contributed by atoms with Gasteiger partial charge in [0, 0.05) is 45.0 Å². The van der Waals surface area contributed by atoms with E-state index in [1.54, 1.807) is 0 Å². The van der Waals surface area contributed by atoms with Crippen molar-refractivity contribution in [1.82, 2.24) is 0 Å². The maximum Gasteiger partial charge on any atom is 0.0465 e. The molecule has 0 heterocycles. The number of rotatable bonds is 8. The summed E-state index contributed by atoms with van der Waals surface area (Å²) in [6.07, 6.45) is 4.41. The smallest absolute Gasteiger partial charge is 0.0465 e. The van der Waals surface area contributed by atoms with E-state index in [0.717, 1.165) is 45.3 Å². The number of anilines is 6. The lowest BCUT2D eigenvalue weighted by molar-refractivity contribution is 0.660. The van der Waals surface area contributed by atoms with Crippen LogP contribution in [0, 0.1) is 0 Å². The summed E-state index contributed by atoms with van der Waals surface area (Å²) in [5.74, 6) is 0. The Hall–Kier alpha value is -6.90. The Morgan fingerprint density at radius 3 is 1.00 bits per heavy atom. The zero-order valence-corrected chi connectivity index (χ0v) is 33.5. The second-order valence-corrected chi connectivity index (χ2v) is 16.7. The Labute approximate surface area is 343 Å². The standard InChI is InChI=1S/C56H46N2/c1-55(2)51-21-13-11-19-47(51)49-35-33-45(37-53(49)55)57(41-15-7-5-8-16-41)43-29-25-39(26-30-43)23-24-40-27-31-44(32-28-40)58(42-17-9-6-10-18-42)46-34-36-50-48-20-12-14-22-52(48)56(3,4)54(50)38-46/h5-38H,1-4H3. The highest BCUT2D eigenvalue weighted by molar-refractivity contribution is 5.87. The topological polar surface area (TPSA) is 6.48 Å². The van der Waals surface area contributed by atoms with Crippen LogP contribution in [0.3, 0.4) is 0 Å². The molecular weight excluding hydrogens is 701 g/mol. The Morgan fingerprint density at radius 2 is 0.603 bits per heavy atom. The molecule has 0 saturated heterocycles. The van der Waals surface area contributed by atoms with Gasteiger partial charge in [0.1, 0.15) is 0 Å². The van der Waals surface area contributed by atoms with Crippen LogP contribution >= 0.6 is 0 Å². The fraction of sp³-hybridized carbons (Fsp3) is 0.107.